The van der Waals surface area contributed by atoms with E-state index < -0.39 is 0 Å². The fraction of sp³-hybridized carbons (Fsp3) is 0.125. The minimum Gasteiger partial charge on any atom is -0.347 e. The molecule has 0 aliphatic heterocycles. The van der Waals surface area contributed by atoms with E-state index >= 15 is 0 Å². The van der Waals surface area contributed by atoms with E-state index in [0.717, 1.165) is 0 Å². The van der Waals surface area contributed by atoms with Crippen molar-refractivity contribution in [2.75, 3.05) is 11.9 Å². The first kappa shape index (κ1) is 17.6. The van der Waals surface area contributed by atoms with E-state index in [9.17, 15) is 9.59 Å². The van der Waals surface area contributed by atoms with Gasteiger partial charge in [-0.3, -0.25) is 9.59 Å². The van der Waals surface area contributed by atoms with Gasteiger partial charge in [-0.1, -0.05) is 40.9 Å². The number of rotatable bonds is 5. The second-order valence-corrected chi connectivity index (χ2v) is 6.02. The maximum Gasteiger partial charge on any atom is 0.243 e. The fourth-order valence-corrected chi connectivity index (χ4v) is 2.42. The number of anilines is 1. The Morgan fingerprint density at radius 3 is 2.17 bits per heavy atom. The molecule has 0 fully saturated rings. The molecule has 0 saturated carbocycles. The lowest BCUT2D eigenvalue weighted by atomic mass is 10.1. The Bertz CT molecular complexity index is 718. The molecule has 120 valence electrons. The summed E-state index contributed by atoms with van der Waals surface area (Å²) < 4.78 is 0. The van der Waals surface area contributed by atoms with Gasteiger partial charge in [-0.2, -0.15) is 0 Å². The van der Waals surface area contributed by atoms with Gasteiger partial charge in [0.05, 0.1) is 13.0 Å². The minimum atomic E-state index is -0.331. The average Bonchev–Trinajstić information content (AvgIpc) is 2.50. The highest BCUT2D eigenvalue weighted by Crippen LogP contribution is 2.21. The Hall–Kier alpha value is -1.75. The van der Waals surface area contributed by atoms with Crippen molar-refractivity contribution in [3.63, 3.8) is 0 Å². The van der Waals surface area contributed by atoms with Crippen LogP contribution in [-0.4, -0.2) is 18.4 Å². The molecular weight excluding hydrogens is 359 g/mol. The van der Waals surface area contributed by atoms with E-state index in [-0.39, 0.29) is 24.8 Å². The predicted molar refractivity (Wildman–Crippen MR) is 93.3 cm³/mol. The molecule has 0 saturated heterocycles. The van der Waals surface area contributed by atoms with Crippen LogP contribution in [-0.2, 0) is 16.0 Å². The number of amides is 2. The van der Waals surface area contributed by atoms with Gasteiger partial charge >= 0.3 is 0 Å². The summed E-state index contributed by atoms with van der Waals surface area (Å²) in [6.07, 6.45) is 0.0736. The number of nitrogens with one attached hydrogen (secondary N) is 2. The zero-order chi connectivity index (χ0) is 16.8. The molecular formula is C16H13Cl3N2O2. The van der Waals surface area contributed by atoms with Gasteiger partial charge in [0.25, 0.3) is 0 Å². The summed E-state index contributed by atoms with van der Waals surface area (Å²) in [5.74, 6) is -0.636. The lowest BCUT2D eigenvalue weighted by molar-refractivity contribution is -0.123. The summed E-state index contributed by atoms with van der Waals surface area (Å²) in [6, 6.07) is 11.6. The zero-order valence-electron chi connectivity index (χ0n) is 11.9. The molecule has 0 bridgehead atoms. The number of carbonyl (C=O) groups excluding carboxylic acids is 2. The van der Waals surface area contributed by atoms with Gasteiger partial charge in [-0.05, 0) is 42.0 Å². The first-order chi connectivity index (χ1) is 10.9. The van der Waals surface area contributed by atoms with Gasteiger partial charge in [0.2, 0.25) is 11.8 Å². The van der Waals surface area contributed by atoms with Crippen molar-refractivity contribution in [2.45, 2.75) is 6.42 Å². The molecule has 2 amide bonds. The van der Waals surface area contributed by atoms with Gasteiger partial charge in [0.1, 0.15) is 0 Å². The molecule has 0 aliphatic carbocycles. The van der Waals surface area contributed by atoms with Crippen molar-refractivity contribution in [3.05, 3.63) is 63.1 Å². The molecule has 0 radical (unpaired) electrons. The molecule has 0 heterocycles. The molecule has 0 unspecified atom stereocenters. The predicted octanol–water partition coefficient (Wildman–Crippen LogP) is 3.94. The molecule has 2 N–H and O–H groups in total. The Balaban J connectivity index is 1.81. The quantitative estimate of drug-likeness (QED) is 0.836. The average molecular weight is 372 g/mol. The third kappa shape index (κ3) is 5.75. The van der Waals surface area contributed by atoms with Gasteiger partial charge < -0.3 is 10.6 Å². The molecule has 2 rings (SSSR count). The van der Waals surface area contributed by atoms with Crippen molar-refractivity contribution in [1.82, 2.24) is 5.32 Å². The maximum absolute atomic E-state index is 11.9. The lowest BCUT2D eigenvalue weighted by Gasteiger charge is -2.08. The van der Waals surface area contributed by atoms with E-state index in [1.165, 1.54) is 0 Å². The Kier molecular flexibility index (Phi) is 6.28. The summed E-state index contributed by atoms with van der Waals surface area (Å²) in [6.45, 7) is -0.132. The second kappa shape index (κ2) is 8.20. The van der Waals surface area contributed by atoms with E-state index in [1.54, 1.807) is 42.5 Å². The molecule has 0 aliphatic rings. The molecule has 0 spiro atoms. The van der Waals surface area contributed by atoms with Crippen LogP contribution in [0.5, 0.6) is 0 Å². The summed E-state index contributed by atoms with van der Waals surface area (Å²) in [5, 5.41) is 6.68. The largest absolute Gasteiger partial charge is 0.347 e. The third-order valence-corrected chi connectivity index (χ3v) is 3.78. The van der Waals surface area contributed by atoms with Crippen LogP contribution < -0.4 is 10.6 Å². The van der Waals surface area contributed by atoms with Gasteiger partial charge in [-0.25, -0.2) is 0 Å². The Morgan fingerprint density at radius 2 is 1.52 bits per heavy atom. The standard InChI is InChI=1S/C16H13Cl3N2O2/c17-11-3-5-13(6-4-11)21-16(23)9-20-15(22)7-10-1-2-12(18)8-14(10)19/h1-6,8H,7,9H2,(H,20,22)(H,21,23). The van der Waals surface area contributed by atoms with E-state index in [2.05, 4.69) is 10.6 Å². The Morgan fingerprint density at radius 1 is 0.870 bits per heavy atom. The monoisotopic (exact) mass is 370 g/mol. The van der Waals surface area contributed by atoms with Crippen molar-refractivity contribution in [1.29, 1.82) is 0 Å². The smallest absolute Gasteiger partial charge is 0.243 e. The number of benzene rings is 2. The summed E-state index contributed by atoms with van der Waals surface area (Å²) in [5.41, 5.74) is 1.25. The van der Waals surface area contributed by atoms with Crippen LogP contribution in [0.25, 0.3) is 0 Å². The lowest BCUT2D eigenvalue weighted by Crippen LogP contribution is -2.33. The van der Waals surface area contributed by atoms with Crippen LogP contribution in [0.2, 0.25) is 15.1 Å². The fourth-order valence-electron chi connectivity index (χ4n) is 1.82. The third-order valence-electron chi connectivity index (χ3n) is 2.94. The number of halogens is 3. The molecule has 2 aromatic carbocycles. The molecule has 0 aromatic heterocycles. The van der Waals surface area contributed by atoms with E-state index in [0.29, 0.717) is 26.3 Å². The second-order valence-electron chi connectivity index (χ2n) is 4.74. The minimum absolute atomic E-state index is 0.0736. The SMILES string of the molecule is O=C(Cc1ccc(Cl)cc1Cl)NCC(=O)Nc1ccc(Cl)cc1. The van der Waals surface area contributed by atoms with Crippen LogP contribution >= 0.6 is 34.8 Å². The summed E-state index contributed by atoms with van der Waals surface area (Å²) >= 11 is 17.6. The van der Waals surface area contributed by atoms with Crippen LogP contribution in [0.3, 0.4) is 0 Å². The van der Waals surface area contributed by atoms with Crippen molar-refractivity contribution in [3.8, 4) is 0 Å². The van der Waals surface area contributed by atoms with Crippen molar-refractivity contribution < 1.29 is 9.59 Å². The van der Waals surface area contributed by atoms with Crippen molar-refractivity contribution >= 4 is 52.3 Å². The number of carbonyl (C=O) groups is 2. The number of hydrogen-bond acceptors (Lipinski definition) is 2. The van der Waals surface area contributed by atoms with Crippen LogP contribution in [0.4, 0.5) is 5.69 Å². The molecule has 4 nitrogen and oxygen atoms in total. The summed E-state index contributed by atoms with van der Waals surface area (Å²) in [4.78, 5) is 23.6. The maximum atomic E-state index is 11.9. The molecule has 7 heteroatoms. The van der Waals surface area contributed by atoms with Gasteiger partial charge in [0.15, 0.2) is 0 Å². The van der Waals surface area contributed by atoms with Gasteiger partial charge in [-0.15, -0.1) is 0 Å². The van der Waals surface area contributed by atoms with Crippen LogP contribution in [0.15, 0.2) is 42.5 Å². The first-order valence-electron chi connectivity index (χ1n) is 6.70. The topological polar surface area (TPSA) is 58.2 Å². The molecule has 0 atom stereocenters. The van der Waals surface area contributed by atoms with Crippen LogP contribution in [0, 0.1) is 0 Å². The normalized spacial score (nSPS) is 10.2. The van der Waals surface area contributed by atoms with Gasteiger partial charge in [0, 0.05) is 20.8 Å². The number of hydrogen-bond donors (Lipinski definition) is 2. The van der Waals surface area contributed by atoms with Crippen molar-refractivity contribution in [2.24, 2.45) is 0 Å². The van der Waals surface area contributed by atoms with E-state index in [1.807, 2.05) is 0 Å². The Labute approximate surface area is 148 Å². The first-order valence-corrected chi connectivity index (χ1v) is 7.83. The summed E-state index contributed by atoms with van der Waals surface area (Å²) in [7, 11) is 0. The zero-order valence-corrected chi connectivity index (χ0v) is 14.2. The van der Waals surface area contributed by atoms with E-state index in [4.69, 9.17) is 34.8 Å². The molecule has 23 heavy (non-hydrogen) atoms. The highest BCUT2D eigenvalue weighted by Gasteiger charge is 2.09. The molecule has 2 aromatic rings. The highest BCUT2D eigenvalue weighted by molar-refractivity contribution is 6.35. The highest BCUT2D eigenvalue weighted by atomic mass is 35.5. The van der Waals surface area contributed by atoms with Crippen LogP contribution in [0.1, 0.15) is 5.56 Å².